The molecule has 0 bridgehead atoms. The van der Waals surface area contributed by atoms with Crippen molar-refractivity contribution in [2.24, 2.45) is 0 Å². The topological polar surface area (TPSA) is 82.2 Å². The minimum absolute atomic E-state index is 0.0814. The summed E-state index contributed by atoms with van der Waals surface area (Å²) in [6, 6.07) is 9.14. The fourth-order valence-electron chi connectivity index (χ4n) is 3.13. The van der Waals surface area contributed by atoms with Gasteiger partial charge in [-0.3, -0.25) is 4.98 Å². The molecule has 7 nitrogen and oxygen atoms in total. The SMILES string of the molecule is COc1cc(-c2cnc(-c3ccc(Cl)nc3)[nH]2)cc(OC)c1OCc1ccc(C(F)(F)F)cn1. The Bertz CT molecular complexity index is 1250. The van der Waals surface area contributed by atoms with Crippen LogP contribution in [0.25, 0.3) is 22.6 Å². The van der Waals surface area contributed by atoms with Crippen molar-refractivity contribution in [3.8, 4) is 39.9 Å². The molecule has 0 saturated carbocycles. The van der Waals surface area contributed by atoms with Crippen LogP contribution in [0.1, 0.15) is 11.3 Å². The van der Waals surface area contributed by atoms with Gasteiger partial charge in [0.05, 0.1) is 37.4 Å². The number of nitrogens with one attached hydrogen (secondary N) is 1. The predicted octanol–water partition coefficient (Wildman–Crippen LogP) is 5.80. The Hall–Kier alpha value is -3.79. The van der Waals surface area contributed by atoms with Gasteiger partial charge in [0, 0.05) is 23.5 Å². The molecule has 4 aromatic rings. The third kappa shape index (κ3) is 5.07. The van der Waals surface area contributed by atoms with E-state index in [0.29, 0.717) is 33.9 Å². The number of methoxy groups -OCH3 is 2. The largest absolute Gasteiger partial charge is 0.493 e. The molecule has 11 heteroatoms. The smallest absolute Gasteiger partial charge is 0.417 e. The summed E-state index contributed by atoms with van der Waals surface area (Å²) < 4.78 is 55.0. The normalized spacial score (nSPS) is 11.4. The first-order valence-corrected chi connectivity index (χ1v) is 10.2. The van der Waals surface area contributed by atoms with Crippen LogP contribution >= 0.6 is 11.6 Å². The van der Waals surface area contributed by atoms with Crippen molar-refractivity contribution in [3.63, 3.8) is 0 Å². The molecular weight excluding hydrogens is 473 g/mol. The molecule has 0 saturated heterocycles. The second kappa shape index (κ2) is 9.60. The number of ether oxygens (including phenoxy) is 3. The van der Waals surface area contributed by atoms with Gasteiger partial charge in [-0.15, -0.1) is 0 Å². The van der Waals surface area contributed by atoms with E-state index in [9.17, 15) is 13.2 Å². The van der Waals surface area contributed by atoms with Crippen LogP contribution in [0.2, 0.25) is 5.15 Å². The number of nitrogens with zero attached hydrogens (tertiary/aromatic N) is 3. The highest BCUT2D eigenvalue weighted by Crippen LogP contribution is 2.42. The van der Waals surface area contributed by atoms with Crippen LogP contribution in [-0.4, -0.2) is 34.2 Å². The van der Waals surface area contributed by atoms with Crippen LogP contribution in [0.4, 0.5) is 13.2 Å². The van der Waals surface area contributed by atoms with E-state index >= 15 is 0 Å². The van der Waals surface area contributed by atoms with Gasteiger partial charge in [0.1, 0.15) is 17.6 Å². The lowest BCUT2D eigenvalue weighted by Gasteiger charge is -2.16. The first-order valence-electron chi connectivity index (χ1n) is 9.86. The first kappa shape index (κ1) is 23.4. The average Bonchev–Trinajstić information content (AvgIpc) is 3.32. The van der Waals surface area contributed by atoms with Crippen molar-refractivity contribution < 1.29 is 27.4 Å². The summed E-state index contributed by atoms with van der Waals surface area (Å²) in [5.41, 5.74) is 1.66. The second-order valence-electron chi connectivity index (χ2n) is 7.05. The van der Waals surface area contributed by atoms with Crippen LogP contribution in [-0.2, 0) is 12.8 Å². The van der Waals surface area contributed by atoms with E-state index in [0.717, 1.165) is 23.4 Å². The Balaban J connectivity index is 1.58. The number of halogens is 4. The molecule has 0 atom stereocenters. The zero-order valence-electron chi connectivity index (χ0n) is 18.0. The average molecular weight is 491 g/mol. The summed E-state index contributed by atoms with van der Waals surface area (Å²) >= 11 is 5.84. The second-order valence-corrected chi connectivity index (χ2v) is 7.44. The lowest BCUT2D eigenvalue weighted by molar-refractivity contribution is -0.137. The zero-order valence-corrected chi connectivity index (χ0v) is 18.7. The van der Waals surface area contributed by atoms with Crippen molar-refractivity contribution in [1.29, 1.82) is 0 Å². The van der Waals surface area contributed by atoms with Gasteiger partial charge in [-0.2, -0.15) is 13.2 Å². The third-order valence-corrected chi connectivity index (χ3v) is 5.09. The number of H-pyrrole nitrogens is 1. The molecule has 1 N–H and O–H groups in total. The molecule has 1 aromatic carbocycles. The van der Waals surface area contributed by atoms with Gasteiger partial charge >= 0.3 is 6.18 Å². The Kier molecular flexibility index (Phi) is 6.60. The molecule has 0 amide bonds. The quantitative estimate of drug-likeness (QED) is 0.330. The molecule has 3 aromatic heterocycles. The molecule has 34 heavy (non-hydrogen) atoms. The summed E-state index contributed by atoms with van der Waals surface area (Å²) in [7, 11) is 2.94. The Morgan fingerprint density at radius 1 is 0.882 bits per heavy atom. The van der Waals surface area contributed by atoms with Gasteiger partial charge in [-0.05, 0) is 36.4 Å². The maximum atomic E-state index is 12.7. The molecule has 0 unspecified atom stereocenters. The van der Waals surface area contributed by atoms with Crippen molar-refractivity contribution >= 4 is 11.6 Å². The number of hydrogen-bond donors (Lipinski definition) is 1. The number of rotatable bonds is 7. The highest BCUT2D eigenvalue weighted by Gasteiger charge is 2.30. The summed E-state index contributed by atoms with van der Waals surface area (Å²) in [5.74, 6) is 1.62. The highest BCUT2D eigenvalue weighted by atomic mass is 35.5. The number of pyridine rings is 2. The molecule has 176 valence electrons. The van der Waals surface area contributed by atoms with Gasteiger partial charge in [-0.25, -0.2) is 9.97 Å². The van der Waals surface area contributed by atoms with Crippen molar-refractivity contribution in [1.82, 2.24) is 19.9 Å². The van der Waals surface area contributed by atoms with E-state index in [1.807, 2.05) is 0 Å². The van der Waals surface area contributed by atoms with Crippen LogP contribution in [0.15, 0.2) is 55.0 Å². The number of imidazole rings is 1. The predicted molar refractivity (Wildman–Crippen MR) is 119 cm³/mol. The number of aromatic nitrogens is 4. The minimum Gasteiger partial charge on any atom is -0.493 e. The Labute approximate surface area is 197 Å². The lowest BCUT2D eigenvalue weighted by Crippen LogP contribution is -2.07. The monoisotopic (exact) mass is 490 g/mol. The van der Waals surface area contributed by atoms with Crippen molar-refractivity contribution in [2.45, 2.75) is 12.8 Å². The van der Waals surface area contributed by atoms with Crippen LogP contribution in [0.5, 0.6) is 17.2 Å². The number of alkyl halides is 3. The fraction of sp³-hybridized carbons (Fsp3) is 0.174. The fourth-order valence-corrected chi connectivity index (χ4v) is 3.24. The summed E-state index contributed by atoms with van der Waals surface area (Å²) in [6.07, 6.45) is -0.420. The van der Waals surface area contributed by atoms with Crippen LogP contribution in [0, 0.1) is 0 Å². The van der Waals surface area contributed by atoms with E-state index in [1.165, 1.54) is 20.3 Å². The standard InChI is InChI=1S/C23H18ClF3N4O3/c1-32-18-7-14(17-11-30-22(31-17)13-3-6-20(24)29-9-13)8-19(33-2)21(18)34-12-16-5-4-15(10-28-16)23(25,26)27/h3-11H,12H2,1-2H3,(H,30,31). The van der Waals surface area contributed by atoms with Gasteiger partial charge < -0.3 is 19.2 Å². The first-order chi connectivity index (χ1) is 16.3. The number of hydrogen-bond acceptors (Lipinski definition) is 6. The number of benzene rings is 1. The highest BCUT2D eigenvalue weighted by molar-refractivity contribution is 6.29. The summed E-state index contributed by atoms with van der Waals surface area (Å²) in [6.45, 7) is -0.0814. The Morgan fingerprint density at radius 3 is 2.18 bits per heavy atom. The maximum Gasteiger partial charge on any atom is 0.417 e. The van der Waals surface area contributed by atoms with Crippen molar-refractivity contribution in [3.05, 3.63) is 71.4 Å². The van der Waals surface area contributed by atoms with E-state index in [1.54, 1.807) is 36.7 Å². The maximum absolute atomic E-state index is 12.7. The molecule has 0 aliphatic rings. The molecule has 0 fully saturated rings. The molecule has 0 radical (unpaired) electrons. The molecule has 4 rings (SSSR count). The molecule has 3 heterocycles. The minimum atomic E-state index is -4.45. The Morgan fingerprint density at radius 2 is 1.62 bits per heavy atom. The van der Waals surface area contributed by atoms with Crippen molar-refractivity contribution in [2.75, 3.05) is 14.2 Å². The van der Waals surface area contributed by atoms with Gasteiger partial charge in [0.15, 0.2) is 11.5 Å². The van der Waals surface area contributed by atoms with Gasteiger partial charge in [0.25, 0.3) is 0 Å². The van der Waals surface area contributed by atoms with E-state index in [2.05, 4.69) is 19.9 Å². The van der Waals surface area contributed by atoms with E-state index in [4.69, 9.17) is 25.8 Å². The lowest BCUT2D eigenvalue weighted by atomic mass is 10.1. The van der Waals surface area contributed by atoms with Gasteiger partial charge in [-0.1, -0.05) is 11.6 Å². The molecule has 0 aliphatic carbocycles. The van der Waals surface area contributed by atoms with Crippen LogP contribution < -0.4 is 14.2 Å². The molecule has 0 aliphatic heterocycles. The molecular formula is C23H18ClF3N4O3. The van der Waals surface area contributed by atoms with Crippen LogP contribution in [0.3, 0.4) is 0 Å². The number of aromatic amines is 1. The molecule has 0 spiro atoms. The van der Waals surface area contributed by atoms with E-state index in [-0.39, 0.29) is 12.4 Å². The van der Waals surface area contributed by atoms with E-state index < -0.39 is 11.7 Å². The zero-order chi connectivity index (χ0) is 24.3. The summed E-state index contributed by atoms with van der Waals surface area (Å²) in [4.78, 5) is 15.5. The third-order valence-electron chi connectivity index (χ3n) is 4.86. The summed E-state index contributed by atoms with van der Waals surface area (Å²) in [5, 5.41) is 0.382. The van der Waals surface area contributed by atoms with Gasteiger partial charge in [0.2, 0.25) is 5.75 Å².